The maximum atomic E-state index is 13.8. The van der Waals surface area contributed by atoms with Gasteiger partial charge >= 0.3 is 11.9 Å². The van der Waals surface area contributed by atoms with E-state index >= 15 is 0 Å². The van der Waals surface area contributed by atoms with Crippen LogP contribution in [0.4, 0.5) is 5.69 Å². The first kappa shape index (κ1) is 27.4. The van der Waals surface area contributed by atoms with Crippen LogP contribution in [0, 0.1) is 11.8 Å². The average Bonchev–Trinajstić information content (AvgIpc) is 3.28. The average molecular weight is 567 g/mol. The van der Waals surface area contributed by atoms with Gasteiger partial charge < -0.3 is 14.8 Å². The largest absolute Gasteiger partial charge is 0.462 e. The van der Waals surface area contributed by atoms with Gasteiger partial charge in [0.05, 0.1) is 24.0 Å². The summed E-state index contributed by atoms with van der Waals surface area (Å²) in [6.07, 6.45) is 0.710. The normalized spacial score (nSPS) is 22.1. The van der Waals surface area contributed by atoms with Gasteiger partial charge in [-0.3, -0.25) is 19.3 Å². The van der Waals surface area contributed by atoms with E-state index in [2.05, 4.69) is 5.32 Å². The van der Waals surface area contributed by atoms with Crippen LogP contribution in [-0.4, -0.2) is 53.8 Å². The highest BCUT2D eigenvalue weighted by molar-refractivity contribution is 6.10. The van der Waals surface area contributed by atoms with Crippen molar-refractivity contribution in [3.05, 3.63) is 101 Å². The number of likely N-dealkylation sites (tertiary alicyclic amines) is 1. The first-order valence-electron chi connectivity index (χ1n) is 14.1. The molecule has 0 saturated carbocycles. The molecule has 0 spiro atoms. The molecular formula is C33H30N2O7. The minimum Gasteiger partial charge on any atom is -0.462 e. The molecule has 214 valence electrons. The molecule has 2 bridgehead atoms. The summed E-state index contributed by atoms with van der Waals surface area (Å²) in [5.74, 6) is -4.45. The van der Waals surface area contributed by atoms with Crippen molar-refractivity contribution in [2.75, 3.05) is 18.5 Å². The standard InChI is InChI=1S/C33H30N2O7/c1-3-16-41-33(40)19-12-14-20(15-13-19)34-25(36)17-42-32(39)18(2)35-30(37)28-26-21-8-4-5-9-22(21)27(29(28)31(35)38)24-11-7-6-10-23(24)26/h4-15,18,26-29H,3,16-17H2,1-2H3,(H,34,36)/t18-,26?,27?,28-,29+/m1/s1. The summed E-state index contributed by atoms with van der Waals surface area (Å²) in [4.78, 5) is 66.1. The van der Waals surface area contributed by atoms with Crippen LogP contribution in [-0.2, 0) is 28.7 Å². The Morgan fingerprint density at radius 3 is 1.76 bits per heavy atom. The minimum atomic E-state index is -1.19. The number of imide groups is 1. The van der Waals surface area contributed by atoms with Gasteiger partial charge in [0.1, 0.15) is 6.04 Å². The number of anilines is 1. The van der Waals surface area contributed by atoms with Crippen LogP contribution in [0.1, 0.15) is 64.7 Å². The van der Waals surface area contributed by atoms with Crippen molar-refractivity contribution >= 4 is 35.3 Å². The van der Waals surface area contributed by atoms with E-state index in [9.17, 15) is 24.0 Å². The van der Waals surface area contributed by atoms with Crippen LogP contribution < -0.4 is 5.32 Å². The summed E-state index contributed by atoms with van der Waals surface area (Å²) in [6.45, 7) is 3.06. The van der Waals surface area contributed by atoms with Gasteiger partial charge in [-0.25, -0.2) is 9.59 Å². The predicted octanol–water partition coefficient (Wildman–Crippen LogP) is 4.02. The van der Waals surface area contributed by atoms with Gasteiger partial charge in [-0.15, -0.1) is 0 Å². The number of benzene rings is 3. The molecule has 3 atom stereocenters. The lowest BCUT2D eigenvalue weighted by Gasteiger charge is -2.45. The third-order valence-corrected chi connectivity index (χ3v) is 8.40. The number of ether oxygens (including phenoxy) is 2. The fourth-order valence-electron chi connectivity index (χ4n) is 6.61. The Hall–Kier alpha value is -4.79. The van der Waals surface area contributed by atoms with E-state index in [1.807, 2.05) is 55.5 Å². The number of hydrogen-bond donors (Lipinski definition) is 1. The monoisotopic (exact) mass is 566 g/mol. The Morgan fingerprint density at radius 1 is 0.786 bits per heavy atom. The van der Waals surface area contributed by atoms with Crippen molar-refractivity contribution < 1.29 is 33.4 Å². The van der Waals surface area contributed by atoms with E-state index in [1.165, 1.54) is 19.1 Å². The van der Waals surface area contributed by atoms with Crippen molar-refractivity contribution in [2.24, 2.45) is 11.8 Å². The van der Waals surface area contributed by atoms with Crippen LogP contribution in [0.2, 0.25) is 0 Å². The van der Waals surface area contributed by atoms with E-state index in [4.69, 9.17) is 9.47 Å². The van der Waals surface area contributed by atoms with Gasteiger partial charge in [-0.2, -0.15) is 0 Å². The van der Waals surface area contributed by atoms with Gasteiger partial charge in [-0.05, 0) is 59.9 Å². The van der Waals surface area contributed by atoms with Crippen LogP contribution in [0.3, 0.4) is 0 Å². The zero-order valence-electron chi connectivity index (χ0n) is 23.2. The van der Waals surface area contributed by atoms with E-state index in [-0.39, 0.29) is 11.8 Å². The Kier molecular flexibility index (Phi) is 7.10. The van der Waals surface area contributed by atoms with Crippen molar-refractivity contribution in [1.29, 1.82) is 0 Å². The summed E-state index contributed by atoms with van der Waals surface area (Å²) >= 11 is 0. The number of hydrogen-bond acceptors (Lipinski definition) is 7. The Bertz CT molecular complexity index is 1480. The highest BCUT2D eigenvalue weighted by atomic mass is 16.5. The number of amides is 3. The number of nitrogens with one attached hydrogen (secondary N) is 1. The van der Waals surface area contributed by atoms with E-state index in [0.29, 0.717) is 24.3 Å². The fraction of sp³-hybridized carbons (Fsp3) is 0.303. The zero-order chi connectivity index (χ0) is 29.5. The number of carbonyl (C=O) groups excluding carboxylic acids is 5. The molecule has 3 aromatic carbocycles. The fourth-order valence-corrected chi connectivity index (χ4v) is 6.61. The molecule has 3 aromatic rings. The molecule has 0 aromatic heterocycles. The molecule has 7 rings (SSSR count). The summed E-state index contributed by atoms with van der Waals surface area (Å²) in [5.41, 5.74) is 4.93. The lowest BCUT2D eigenvalue weighted by Crippen LogP contribution is -2.45. The summed E-state index contributed by atoms with van der Waals surface area (Å²) < 4.78 is 10.3. The predicted molar refractivity (Wildman–Crippen MR) is 151 cm³/mol. The minimum absolute atomic E-state index is 0.275. The topological polar surface area (TPSA) is 119 Å². The number of esters is 2. The second kappa shape index (κ2) is 10.9. The molecular weight excluding hydrogens is 536 g/mol. The van der Waals surface area contributed by atoms with Crippen LogP contribution in [0.25, 0.3) is 0 Å². The maximum absolute atomic E-state index is 13.8. The first-order chi connectivity index (χ1) is 20.3. The molecule has 1 fully saturated rings. The molecule has 9 heteroatoms. The first-order valence-corrected chi connectivity index (χ1v) is 14.1. The van der Waals surface area contributed by atoms with Crippen LogP contribution in [0.5, 0.6) is 0 Å². The molecule has 1 N–H and O–H groups in total. The second-order valence-electron chi connectivity index (χ2n) is 10.9. The van der Waals surface area contributed by atoms with Crippen molar-refractivity contribution in [1.82, 2.24) is 4.90 Å². The Balaban J connectivity index is 1.12. The highest BCUT2D eigenvalue weighted by Gasteiger charge is 2.62. The van der Waals surface area contributed by atoms with Gasteiger partial charge in [0.25, 0.3) is 5.91 Å². The van der Waals surface area contributed by atoms with Crippen molar-refractivity contribution in [3.8, 4) is 0 Å². The molecule has 1 saturated heterocycles. The summed E-state index contributed by atoms with van der Waals surface area (Å²) in [7, 11) is 0. The van der Waals surface area contributed by atoms with E-state index < -0.39 is 54.1 Å². The van der Waals surface area contributed by atoms with Gasteiger partial charge in [0.15, 0.2) is 6.61 Å². The van der Waals surface area contributed by atoms with Crippen LogP contribution >= 0.6 is 0 Å². The molecule has 9 nitrogen and oxygen atoms in total. The number of rotatable bonds is 8. The maximum Gasteiger partial charge on any atom is 0.338 e. The summed E-state index contributed by atoms with van der Waals surface area (Å²) in [5, 5.41) is 2.60. The smallest absolute Gasteiger partial charge is 0.338 e. The Morgan fingerprint density at radius 2 is 1.29 bits per heavy atom. The molecule has 42 heavy (non-hydrogen) atoms. The molecule has 4 aliphatic rings. The van der Waals surface area contributed by atoms with E-state index in [1.54, 1.807) is 12.1 Å². The molecule has 3 amide bonds. The van der Waals surface area contributed by atoms with Gasteiger partial charge in [0.2, 0.25) is 11.8 Å². The number of carbonyl (C=O) groups is 5. The molecule has 3 aliphatic carbocycles. The highest BCUT2D eigenvalue weighted by Crippen LogP contribution is 2.61. The number of nitrogens with zero attached hydrogens (tertiary/aromatic N) is 1. The summed E-state index contributed by atoms with van der Waals surface area (Å²) in [6, 6.07) is 20.8. The lowest BCUT2D eigenvalue weighted by atomic mass is 9.55. The molecule has 0 radical (unpaired) electrons. The third-order valence-electron chi connectivity index (χ3n) is 8.40. The lowest BCUT2D eigenvalue weighted by molar-refractivity contribution is -0.159. The van der Waals surface area contributed by atoms with Crippen molar-refractivity contribution in [2.45, 2.75) is 38.1 Å². The quantitative estimate of drug-likeness (QED) is 0.323. The third kappa shape index (κ3) is 4.45. The molecule has 1 heterocycles. The Labute approximate surface area is 242 Å². The van der Waals surface area contributed by atoms with E-state index in [0.717, 1.165) is 27.2 Å². The zero-order valence-corrected chi connectivity index (χ0v) is 23.2. The van der Waals surface area contributed by atoms with Gasteiger partial charge in [0, 0.05) is 17.5 Å². The SMILES string of the molecule is CCCOC(=O)c1ccc(NC(=O)COC(=O)[C@@H](C)N2C(=O)[C@@H]3C4c5ccccc5C(c5ccccc54)[C@@H]3C2=O)cc1. The second-order valence-corrected chi connectivity index (χ2v) is 10.9. The molecule has 1 aliphatic heterocycles. The van der Waals surface area contributed by atoms with Crippen LogP contribution in [0.15, 0.2) is 72.8 Å². The molecule has 0 unspecified atom stereocenters. The van der Waals surface area contributed by atoms with Crippen molar-refractivity contribution in [3.63, 3.8) is 0 Å². The van der Waals surface area contributed by atoms with Gasteiger partial charge in [-0.1, -0.05) is 55.5 Å².